The fourth-order valence-electron chi connectivity index (χ4n) is 6.34. The quantitative estimate of drug-likeness (QED) is 0.162. The van der Waals surface area contributed by atoms with Crippen molar-refractivity contribution in [2.24, 2.45) is 0 Å². The first-order valence-electron chi connectivity index (χ1n) is 16.1. The minimum Gasteiger partial charge on any atom is -0.311 e. The highest BCUT2D eigenvalue weighted by molar-refractivity contribution is 5.81. The number of anilines is 6. The molecule has 0 aliphatic heterocycles. The Bertz CT molecular complexity index is 1930. The Kier molecular flexibility index (Phi) is 8.34. The predicted molar refractivity (Wildman–Crippen MR) is 198 cm³/mol. The van der Waals surface area contributed by atoms with E-state index in [-0.39, 0.29) is 0 Å². The van der Waals surface area contributed by atoms with Crippen LogP contribution in [-0.2, 0) is 6.42 Å². The van der Waals surface area contributed by atoms with E-state index in [2.05, 4.69) is 194 Å². The van der Waals surface area contributed by atoms with Crippen molar-refractivity contribution in [1.82, 2.24) is 0 Å². The van der Waals surface area contributed by atoms with Gasteiger partial charge in [-0.25, -0.2) is 0 Å². The zero-order valence-electron chi connectivity index (χ0n) is 26.5. The third-order valence-electron chi connectivity index (χ3n) is 8.53. The molecule has 0 bridgehead atoms. The van der Waals surface area contributed by atoms with Gasteiger partial charge in [0, 0.05) is 34.1 Å². The van der Waals surface area contributed by atoms with Crippen LogP contribution in [0, 0.1) is 13.8 Å². The smallest absolute Gasteiger partial charge is 0.0467 e. The second-order valence-electron chi connectivity index (χ2n) is 12.0. The molecule has 0 fully saturated rings. The van der Waals surface area contributed by atoms with Gasteiger partial charge in [-0.05, 0) is 133 Å². The number of hydrogen-bond acceptors (Lipinski definition) is 2. The van der Waals surface area contributed by atoms with E-state index in [0.29, 0.717) is 0 Å². The van der Waals surface area contributed by atoms with Crippen LogP contribution in [0.15, 0.2) is 152 Å². The van der Waals surface area contributed by atoms with Gasteiger partial charge in [-0.1, -0.05) is 97.1 Å². The Hall–Kier alpha value is -5.60. The van der Waals surface area contributed by atoms with Crippen molar-refractivity contribution in [3.05, 3.63) is 185 Å². The summed E-state index contributed by atoms with van der Waals surface area (Å²) < 4.78 is 0. The second kappa shape index (κ2) is 13.2. The normalized spacial score (nSPS) is 12.2. The van der Waals surface area contributed by atoms with Gasteiger partial charge >= 0.3 is 0 Å². The molecule has 0 unspecified atom stereocenters. The number of fused-ring (bicyclic) bond motifs is 1. The Balaban J connectivity index is 1.15. The highest BCUT2D eigenvalue weighted by Crippen LogP contribution is 2.38. The van der Waals surface area contributed by atoms with Gasteiger partial charge in [0.1, 0.15) is 0 Å². The molecule has 0 heterocycles. The van der Waals surface area contributed by atoms with Gasteiger partial charge in [0.25, 0.3) is 0 Å². The van der Waals surface area contributed by atoms with Crippen molar-refractivity contribution < 1.29 is 0 Å². The van der Waals surface area contributed by atoms with Crippen molar-refractivity contribution >= 4 is 52.4 Å². The van der Waals surface area contributed by atoms with E-state index in [4.69, 9.17) is 0 Å². The van der Waals surface area contributed by atoms with Crippen molar-refractivity contribution in [2.75, 3.05) is 9.80 Å². The zero-order chi connectivity index (χ0) is 31.3. The van der Waals surface area contributed by atoms with Crippen LogP contribution in [0.2, 0.25) is 0 Å². The maximum atomic E-state index is 2.38. The van der Waals surface area contributed by atoms with Crippen LogP contribution in [-0.4, -0.2) is 0 Å². The lowest BCUT2D eigenvalue weighted by Crippen LogP contribution is -2.11. The summed E-state index contributed by atoms with van der Waals surface area (Å²) >= 11 is 0. The summed E-state index contributed by atoms with van der Waals surface area (Å²) in [6.07, 6.45) is 11.2. The summed E-state index contributed by atoms with van der Waals surface area (Å²) in [5, 5.41) is 0. The molecule has 0 saturated heterocycles. The number of aryl methyl sites for hydroxylation is 3. The lowest BCUT2D eigenvalue weighted by molar-refractivity contribution is 0.985. The molecule has 6 aromatic carbocycles. The summed E-state index contributed by atoms with van der Waals surface area (Å²) in [6, 6.07) is 52.3. The average Bonchev–Trinajstić information content (AvgIpc) is 3.09. The molecule has 6 aromatic rings. The minimum atomic E-state index is 1.11. The SMILES string of the molecule is Cc1cc(C)cc(N(c2ccc(/C=C/c3ccc(N(c4ccccc4)c4ccccc4)cc3)cc2)c2ccc3c(c2)C=CCC3)c1. The molecular formula is C44H38N2. The molecule has 46 heavy (non-hydrogen) atoms. The first-order valence-corrected chi connectivity index (χ1v) is 16.1. The fourth-order valence-corrected chi connectivity index (χ4v) is 6.34. The predicted octanol–water partition coefficient (Wildman–Crippen LogP) is 12.4. The summed E-state index contributed by atoms with van der Waals surface area (Å²) in [5.74, 6) is 0. The lowest BCUT2D eigenvalue weighted by atomic mass is 9.96. The Morgan fingerprint density at radius 2 is 0.935 bits per heavy atom. The van der Waals surface area contributed by atoms with Crippen molar-refractivity contribution in [3.8, 4) is 0 Å². The molecule has 2 heteroatoms. The van der Waals surface area contributed by atoms with Gasteiger partial charge in [0.05, 0.1) is 0 Å². The van der Waals surface area contributed by atoms with Crippen molar-refractivity contribution in [1.29, 1.82) is 0 Å². The molecule has 0 atom stereocenters. The highest BCUT2D eigenvalue weighted by atomic mass is 15.1. The van der Waals surface area contributed by atoms with Crippen LogP contribution in [0.3, 0.4) is 0 Å². The van der Waals surface area contributed by atoms with Crippen LogP contribution in [0.5, 0.6) is 0 Å². The van der Waals surface area contributed by atoms with Crippen LogP contribution >= 0.6 is 0 Å². The third-order valence-corrected chi connectivity index (χ3v) is 8.53. The first-order chi connectivity index (χ1) is 22.6. The maximum Gasteiger partial charge on any atom is 0.0467 e. The van der Waals surface area contributed by atoms with Crippen LogP contribution in [0.25, 0.3) is 18.2 Å². The maximum absolute atomic E-state index is 2.38. The average molecular weight is 595 g/mol. The van der Waals surface area contributed by atoms with Crippen molar-refractivity contribution in [2.45, 2.75) is 26.7 Å². The van der Waals surface area contributed by atoms with Gasteiger partial charge in [-0.2, -0.15) is 0 Å². The molecule has 0 radical (unpaired) electrons. The number of allylic oxidation sites excluding steroid dienone is 1. The Labute approximate surface area is 273 Å². The molecule has 7 rings (SSSR count). The van der Waals surface area contributed by atoms with E-state index in [0.717, 1.165) is 46.7 Å². The van der Waals surface area contributed by atoms with Gasteiger partial charge < -0.3 is 9.80 Å². The van der Waals surface area contributed by atoms with E-state index >= 15 is 0 Å². The first kappa shape index (κ1) is 29.1. The molecule has 1 aliphatic rings. The van der Waals surface area contributed by atoms with E-state index in [1.54, 1.807) is 0 Å². The highest BCUT2D eigenvalue weighted by Gasteiger charge is 2.16. The third kappa shape index (κ3) is 6.43. The van der Waals surface area contributed by atoms with Crippen LogP contribution < -0.4 is 9.80 Å². The van der Waals surface area contributed by atoms with Gasteiger partial charge in [0.15, 0.2) is 0 Å². The Morgan fingerprint density at radius 3 is 1.48 bits per heavy atom. The van der Waals surface area contributed by atoms with Crippen LogP contribution in [0.1, 0.15) is 39.8 Å². The van der Waals surface area contributed by atoms with Crippen molar-refractivity contribution in [3.63, 3.8) is 0 Å². The number of rotatable bonds is 8. The molecule has 0 N–H and O–H groups in total. The fraction of sp³-hybridized carbons (Fsp3) is 0.0909. The second-order valence-corrected chi connectivity index (χ2v) is 12.0. The van der Waals surface area contributed by atoms with Gasteiger partial charge in [-0.3, -0.25) is 0 Å². The van der Waals surface area contributed by atoms with E-state index in [9.17, 15) is 0 Å². The summed E-state index contributed by atoms with van der Waals surface area (Å²) in [6.45, 7) is 4.34. The van der Waals surface area contributed by atoms with E-state index in [1.165, 1.54) is 33.6 Å². The van der Waals surface area contributed by atoms with Crippen LogP contribution in [0.4, 0.5) is 34.1 Å². The summed E-state index contributed by atoms with van der Waals surface area (Å²) in [4.78, 5) is 4.66. The zero-order valence-corrected chi connectivity index (χ0v) is 26.5. The number of benzene rings is 6. The molecule has 224 valence electrons. The van der Waals surface area contributed by atoms with E-state index < -0.39 is 0 Å². The molecular weight excluding hydrogens is 556 g/mol. The minimum absolute atomic E-state index is 1.11. The topological polar surface area (TPSA) is 6.48 Å². The summed E-state index contributed by atoms with van der Waals surface area (Å²) in [7, 11) is 0. The molecule has 0 amide bonds. The molecule has 1 aliphatic carbocycles. The monoisotopic (exact) mass is 594 g/mol. The number of hydrogen-bond donors (Lipinski definition) is 0. The Morgan fingerprint density at radius 1 is 0.457 bits per heavy atom. The molecule has 0 aromatic heterocycles. The molecule has 2 nitrogen and oxygen atoms in total. The van der Waals surface area contributed by atoms with E-state index in [1.807, 2.05) is 0 Å². The largest absolute Gasteiger partial charge is 0.311 e. The molecule has 0 saturated carbocycles. The lowest BCUT2D eigenvalue weighted by Gasteiger charge is -2.27. The number of nitrogens with zero attached hydrogens (tertiary/aromatic N) is 2. The van der Waals surface area contributed by atoms with Gasteiger partial charge in [-0.15, -0.1) is 0 Å². The van der Waals surface area contributed by atoms with Gasteiger partial charge in [0.2, 0.25) is 0 Å². The molecule has 0 spiro atoms. The standard InChI is InChI=1S/C44H38N2/c1-33-29-34(2)31-44(30-33)46(43-28-23-37-11-9-10-12-38(37)32-43)42-26-21-36(22-27-42)18-17-35-19-24-41(25-20-35)45(39-13-5-3-6-14-39)40-15-7-4-8-16-40/h3-8,10,12-32H,9,11H2,1-2H3/b18-17+. The summed E-state index contributed by atoms with van der Waals surface area (Å²) in [5.41, 5.74) is 14.5. The number of para-hydroxylation sites is 2.